The maximum absolute atomic E-state index is 14.7. The van der Waals surface area contributed by atoms with Gasteiger partial charge in [-0.1, -0.05) is 11.6 Å². The third-order valence-corrected chi connectivity index (χ3v) is 9.65. The summed E-state index contributed by atoms with van der Waals surface area (Å²) in [5.41, 5.74) is 0.765. The fraction of sp³-hybridized carbons (Fsp3) is 0.300. The van der Waals surface area contributed by atoms with Crippen LogP contribution in [-0.2, 0) is 15.4 Å². The maximum Gasteiger partial charge on any atom is 0.573 e. The van der Waals surface area contributed by atoms with Crippen molar-refractivity contribution in [3.8, 4) is 11.5 Å². The molecule has 14 heteroatoms. The number of fused-ring (bicyclic) bond motifs is 1. The molecule has 5 rings (SSSR count). The van der Waals surface area contributed by atoms with Gasteiger partial charge in [0, 0.05) is 33.9 Å². The number of hydrogen-bond acceptors (Lipinski definition) is 6. The first-order valence-corrected chi connectivity index (χ1v) is 16.4. The summed E-state index contributed by atoms with van der Waals surface area (Å²) >= 11 is 7.47. The summed E-state index contributed by atoms with van der Waals surface area (Å²) in [4.78, 5) is 13.5. The van der Waals surface area contributed by atoms with Crippen LogP contribution in [0.2, 0.25) is 5.02 Å². The Hall–Kier alpha value is -3.55. The van der Waals surface area contributed by atoms with E-state index < -0.39 is 39.3 Å². The zero-order valence-corrected chi connectivity index (χ0v) is 26.3. The molecule has 0 saturated heterocycles. The van der Waals surface area contributed by atoms with Crippen LogP contribution in [-0.4, -0.2) is 40.1 Å². The second kappa shape index (κ2) is 11.4. The van der Waals surface area contributed by atoms with Crippen molar-refractivity contribution >= 4 is 60.3 Å². The van der Waals surface area contributed by atoms with Crippen LogP contribution in [0.5, 0.6) is 11.5 Å². The Balaban J connectivity index is 1.45. The topological polar surface area (TPSA) is 84.9 Å². The molecule has 1 aliphatic rings. The molecule has 0 bridgehead atoms. The monoisotopic (exact) mass is 670 g/mol. The van der Waals surface area contributed by atoms with Crippen LogP contribution in [0.1, 0.15) is 47.5 Å². The average molecular weight is 671 g/mol. The van der Waals surface area contributed by atoms with Crippen LogP contribution in [0.15, 0.2) is 54.6 Å². The minimum absolute atomic E-state index is 0.148. The molecule has 1 heterocycles. The SMILES string of the molecule is CC(C)Oc1cc(OC(F)(F)F)cc(C2(c3cc(Cl)cc(NC(=O)c4cc5cc(N(C)S(C)(=O)=O)c(F)cc5s4)c3)CC2)c1. The van der Waals surface area contributed by atoms with E-state index in [0.29, 0.717) is 44.8 Å². The Labute approximate surface area is 260 Å². The second-order valence-electron chi connectivity index (χ2n) is 10.9. The van der Waals surface area contributed by atoms with Gasteiger partial charge in [0.15, 0.2) is 0 Å². The predicted octanol–water partition coefficient (Wildman–Crippen LogP) is 8.11. The summed E-state index contributed by atoms with van der Waals surface area (Å²) in [6.07, 6.45) is -2.99. The standard InChI is InChI=1S/C30H27ClF4N2O5S2/c1-16(2)41-22-11-19(12-23(14-22)42-30(33,34)35)29(5-6-29)18-9-20(31)13-21(10-18)36-28(38)27-8-17-7-25(37(3)44(4,39)40)24(32)15-26(17)43-27/h7-16H,5-6H2,1-4H3,(H,36,38). The first kappa shape index (κ1) is 31.9. The predicted molar refractivity (Wildman–Crippen MR) is 163 cm³/mol. The number of ether oxygens (including phenoxy) is 2. The Bertz CT molecular complexity index is 1870. The van der Waals surface area contributed by atoms with Gasteiger partial charge in [-0.15, -0.1) is 24.5 Å². The molecule has 1 fully saturated rings. The third-order valence-electron chi connectivity index (χ3n) is 7.14. The Kier molecular flexibility index (Phi) is 8.27. The molecule has 1 amide bonds. The largest absolute Gasteiger partial charge is 0.573 e. The molecule has 4 aromatic rings. The third kappa shape index (κ3) is 6.89. The number of amides is 1. The van der Waals surface area contributed by atoms with E-state index in [4.69, 9.17) is 16.3 Å². The van der Waals surface area contributed by atoms with Crippen molar-refractivity contribution in [2.75, 3.05) is 22.9 Å². The number of anilines is 2. The Morgan fingerprint density at radius 1 is 1.02 bits per heavy atom. The molecule has 1 N–H and O–H groups in total. The zero-order chi connectivity index (χ0) is 32.2. The highest BCUT2D eigenvalue weighted by Crippen LogP contribution is 2.55. The lowest BCUT2D eigenvalue weighted by atomic mass is 9.87. The van der Waals surface area contributed by atoms with E-state index in [0.717, 1.165) is 21.9 Å². The van der Waals surface area contributed by atoms with Gasteiger partial charge in [0.25, 0.3) is 5.91 Å². The van der Waals surface area contributed by atoms with Crippen LogP contribution < -0.4 is 19.1 Å². The number of sulfonamides is 1. The molecule has 1 saturated carbocycles. The van der Waals surface area contributed by atoms with Crippen molar-refractivity contribution in [3.05, 3.63) is 81.4 Å². The molecule has 0 aliphatic heterocycles. The quantitative estimate of drug-likeness (QED) is 0.182. The van der Waals surface area contributed by atoms with Gasteiger partial charge >= 0.3 is 6.36 Å². The number of halogens is 5. The molecule has 1 aromatic heterocycles. The smallest absolute Gasteiger partial charge is 0.491 e. The molecule has 0 spiro atoms. The van der Waals surface area contributed by atoms with E-state index >= 15 is 0 Å². The van der Waals surface area contributed by atoms with Crippen LogP contribution in [0, 0.1) is 5.82 Å². The summed E-state index contributed by atoms with van der Waals surface area (Å²) in [6.45, 7) is 3.52. The summed E-state index contributed by atoms with van der Waals surface area (Å²) in [5.74, 6) is -1.43. The molecule has 0 unspecified atom stereocenters. The number of rotatable bonds is 9. The van der Waals surface area contributed by atoms with Gasteiger partial charge in [0.1, 0.15) is 17.3 Å². The second-order valence-corrected chi connectivity index (χ2v) is 14.4. The lowest BCUT2D eigenvalue weighted by Crippen LogP contribution is -2.25. The van der Waals surface area contributed by atoms with Crippen LogP contribution in [0.3, 0.4) is 0 Å². The van der Waals surface area contributed by atoms with Gasteiger partial charge in [-0.05, 0) is 91.7 Å². The first-order valence-electron chi connectivity index (χ1n) is 13.3. The number of carbonyl (C=O) groups excluding carboxylic acids is 1. The number of alkyl halides is 3. The molecular weight excluding hydrogens is 644 g/mol. The van der Waals surface area contributed by atoms with E-state index in [1.54, 1.807) is 38.1 Å². The maximum atomic E-state index is 14.7. The molecule has 1 aliphatic carbocycles. The molecule has 0 radical (unpaired) electrons. The Morgan fingerprint density at radius 3 is 2.30 bits per heavy atom. The van der Waals surface area contributed by atoms with Gasteiger partial charge in [0.2, 0.25) is 10.0 Å². The molecule has 0 atom stereocenters. The van der Waals surface area contributed by atoms with Crippen LogP contribution in [0.25, 0.3) is 10.1 Å². The summed E-state index contributed by atoms with van der Waals surface area (Å²) in [7, 11) is -2.47. The van der Waals surface area contributed by atoms with E-state index in [1.165, 1.54) is 37.4 Å². The van der Waals surface area contributed by atoms with Gasteiger partial charge in [0.05, 0.1) is 22.9 Å². The van der Waals surface area contributed by atoms with Gasteiger partial charge in [-0.25, -0.2) is 12.8 Å². The zero-order valence-electron chi connectivity index (χ0n) is 23.9. The number of thiophene rings is 1. The number of hydrogen-bond donors (Lipinski definition) is 1. The normalized spacial score (nSPS) is 14.5. The molecule has 3 aromatic carbocycles. The van der Waals surface area contributed by atoms with Crippen LogP contribution in [0.4, 0.5) is 28.9 Å². The van der Waals surface area contributed by atoms with E-state index in [2.05, 4.69) is 10.1 Å². The summed E-state index contributed by atoms with van der Waals surface area (Å²) in [5, 5.41) is 3.58. The first-order chi connectivity index (χ1) is 20.4. The molecule has 234 valence electrons. The summed E-state index contributed by atoms with van der Waals surface area (Å²) < 4.78 is 89.0. The van der Waals surface area contributed by atoms with E-state index in [-0.39, 0.29) is 22.4 Å². The number of carbonyl (C=O) groups is 1. The molecule has 7 nitrogen and oxygen atoms in total. The number of nitrogens with zero attached hydrogens (tertiary/aromatic N) is 1. The van der Waals surface area contributed by atoms with Gasteiger partial charge < -0.3 is 14.8 Å². The molecule has 44 heavy (non-hydrogen) atoms. The lowest BCUT2D eigenvalue weighted by Gasteiger charge is -2.21. The van der Waals surface area contributed by atoms with E-state index in [1.807, 2.05) is 0 Å². The highest BCUT2D eigenvalue weighted by Gasteiger charge is 2.47. The molecular formula is C30H27ClF4N2O5S2. The lowest BCUT2D eigenvalue weighted by molar-refractivity contribution is -0.274. The van der Waals surface area contributed by atoms with Crippen molar-refractivity contribution < 1.29 is 40.2 Å². The van der Waals surface area contributed by atoms with Crippen molar-refractivity contribution in [3.63, 3.8) is 0 Å². The van der Waals surface area contributed by atoms with Crippen molar-refractivity contribution in [2.24, 2.45) is 0 Å². The minimum atomic E-state index is -4.89. The van der Waals surface area contributed by atoms with Crippen molar-refractivity contribution in [1.82, 2.24) is 0 Å². The minimum Gasteiger partial charge on any atom is -0.491 e. The van der Waals surface area contributed by atoms with Gasteiger partial charge in [-0.3, -0.25) is 9.10 Å². The summed E-state index contributed by atoms with van der Waals surface area (Å²) in [6, 6.07) is 13.2. The fourth-order valence-corrected chi connectivity index (χ4v) is 6.66. The fourth-order valence-electron chi connectivity index (χ4n) is 4.96. The van der Waals surface area contributed by atoms with Crippen molar-refractivity contribution in [1.29, 1.82) is 0 Å². The highest BCUT2D eigenvalue weighted by molar-refractivity contribution is 7.92. The van der Waals surface area contributed by atoms with Gasteiger partial charge in [-0.2, -0.15) is 0 Å². The average Bonchev–Trinajstić information content (AvgIpc) is 3.59. The Morgan fingerprint density at radius 2 is 1.68 bits per heavy atom. The van der Waals surface area contributed by atoms with Crippen LogP contribution >= 0.6 is 22.9 Å². The van der Waals surface area contributed by atoms with E-state index in [9.17, 15) is 30.8 Å². The number of benzene rings is 3. The number of nitrogens with one attached hydrogen (secondary N) is 1. The van der Waals surface area contributed by atoms with Crippen molar-refractivity contribution in [2.45, 2.75) is 44.6 Å². The highest BCUT2D eigenvalue weighted by atomic mass is 35.5.